The lowest BCUT2D eigenvalue weighted by Gasteiger charge is -2.20. The van der Waals surface area contributed by atoms with E-state index in [1.165, 1.54) is 25.7 Å². The van der Waals surface area contributed by atoms with Crippen LogP contribution >= 0.6 is 11.6 Å². The number of carbonyl (C=O) groups is 1. The Kier molecular flexibility index (Phi) is 5.08. The molecule has 23 heavy (non-hydrogen) atoms. The summed E-state index contributed by atoms with van der Waals surface area (Å²) in [6.45, 7) is 2.01. The highest BCUT2D eigenvalue weighted by Crippen LogP contribution is 2.18. The molecule has 1 aromatic heterocycles. The van der Waals surface area contributed by atoms with Gasteiger partial charge in [0, 0.05) is 23.8 Å². The monoisotopic (exact) mass is 330 g/mol. The smallest absolute Gasteiger partial charge is 0.276 e. The van der Waals surface area contributed by atoms with E-state index in [9.17, 15) is 4.79 Å². The third-order valence-corrected chi connectivity index (χ3v) is 4.13. The van der Waals surface area contributed by atoms with Crippen LogP contribution in [0.25, 0.3) is 0 Å². The van der Waals surface area contributed by atoms with E-state index in [4.69, 9.17) is 11.6 Å². The standard InChI is InChI=1S/C17H19ClN4O/c18-13-6-5-7-14(12-13)19-17(23)15-8-9-16(21-20-15)22-10-3-1-2-4-11-22/h5-9,12H,1-4,10-11H2,(H,19,23). The predicted octanol–water partition coefficient (Wildman–Crippen LogP) is 3.76. The first-order chi connectivity index (χ1) is 11.2. The van der Waals surface area contributed by atoms with E-state index in [2.05, 4.69) is 20.4 Å². The molecule has 6 heteroatoms. The normalized spacial score (nSPS) is 15.1. The lowest BCUT2D eigenvalue weighted by molar-refractivity contribution is 0.102. The molecule has 0 unspecified atom stereocenters. The molecule has 1 fully saturated rings. The SMILES string of the molecule is O=C(Nc1cccc(Cl)c1)c1ccc(N2CCCCCC2)nn1. The number of aromatic nitrogens is 2. The van der Waals surface area contributed by atoms with Gasteiger partial charge in [0.15, 0.2) is 11.5 Å². The fourth-order valence-electron chi connectivity index (χ4n) is 2.68. The van der Waals surface area contributed by atoms with E-state index in [1.807, 2.05) is 6.07 Å². The van der Waals surface area contributed by atoms with Crippen LogP contribution in [-0.4, -0.2) is 29.2 Å². The molecule has 3 rings (SSSR count). The molecule has 0 atom stereocenters. The van der Waals surface area contributed by atoms with Gasteiger partial charge in [0.1, 0.15) is 0 Å². The molecule has 1 saturated heterocycles. The first kappa shape index (κ1) is 15.7. The van der Waals surface area contributed by atoms with Gasteiger partial charge >= 0.3 is 0 Å². The van der Waals surface area contributed by atoms with Crippen molar-refractivity contribution in [3.8, 4) is 0 Å². The Balaban J connectivity index is 1.67. The maximum Gasteiger partial charge on any atom is 0.276 e. The quantitative estimate of drug-likeness (QED) is 0.930. The van der Waals surface area contributed by atoms with Crippen molar-refractivity contribution in [2.24, 2.45) is 0 Å². The van der Waals surface area contributed by atoms with Crippen molar-refractivity contribution in [2.75, 3.05) is 23.3 Å². The Labute approximate surface area is 140 Å². The third-order valence-electron chi connectivity index (χ3n) is 3.90. The Bertz CT molecular complexity index is 667. The van der Waals surface area contributed by atoms with Crippen molar-refractivity contribution in [1.29, 1.82) is 0 Å². The van der Waals surface area contributed by atoms with Crippen LogP contribution in [-0.2, 0) is 0 Å². The Morgan fingerprint density at radius 3 is 2.48 bits per heavy atom. The first-order valence-electron chi connectivity index (χ1n) is 7.88. The number of rotatable bonds is 3. The van der Waals surface area contributed by atoms with Crippen LogP contribution in [0.1, 0.15) is 36.2 Å². The molecular weight excluding hydrogens is 312 g/mol. The molecule has 1 aromatic carbocycles. The van der Waals surface area contributed by atoms with E-state index in [-0.39, 0.29) is 5.91 Å². The highest BCUT2D eigenvalue weighted by atomic mass is 35.5. The number of amides is 1. The Morgan fingerprint density at radius 2 is 1.83 bits per heavy atom. The molecule has 2 aromatic rings. The van der Waals surface area contributed by atoms with Crippen LogP contribution in [0.2, 0.25) is 5.02 Å². The largest absolute Gasteiger partial charge is 0.355 e. The zero-order chi connectivity index (χ0) is 16.1. The summed E-state index contributed by atoms with van der Waals surface area (Å²) in [5.41, 5.74) is 0.935. The van der Waals surface area contributed by atoms with E-state index >= 15 is 0 Å². The molecule has 1 aliphatic heterocycles. The molecule has 1 amide bonds. The molecule has 2 heterocycles. The van der Waals surface area contributed by atoms with Gasteiger partial charge in [-0.25, -0.2) is 0 Å². The second-order valence-electron chi connectivity index (χ2n) is 5.64. The lowest BCUT2D eigenvalue weighted by atomic mass is 10.2. The van der Waals surface area contributed by atoms with Gasteiger partial charge in [-0.15, -0.1) is 10.2 Å². The van der Waals surface area contributed by atoms with Crippen LogP contribution in [0.15, 0.2) is 36.4 Å². The molecular formula is C17H19ClN4O. The lowest BCUT2D eigenvalue weighted by Crippen LogP contribution is -2.25. The van der Waals surface area contributed by atoms with Crippen molar-refractivity contribution in [1.82, 2.24) is 10.2 Å². The maximum atomic E-state index is 12.2. The van der Waals surface area contributed by atoms with Crippen LogP contribution in [0.3, 0.4) is 0 Å². The van der Waals surface area contributed by atoms with Crippen LogP contribution < -0.4 is 10.2 Å². The maximum absolute atomic E-state index is 12.2. The number of benzene rings is 1. The molecule has 120 valence electrons. The first-order valence-corrected chi connectivity index (χ1v) is 8.26. The van der Waals surface area contributed by atoms with E-state index in [1.54, 1.807) is 30.3 Å². The van der Waals surface area contributed by atoms with Crippen molar-refractivity contribution in [3.05, 3.63) is 47.1 Å². The van der Waals surface area contributed by atoms with Gasteiger partial charge in [0.05, 0.1) is 0 Å². The summed E-state index contributed by atoms with van der Waals surface area (Å²) in [4.78, 5) is 14.4. The summed E-state index contributed by atoms with van der Waals surface area (Å²) in [7, 11) is 0. The van der Waals surface area contributed by atoms with Crippen LogP contribution in [0, 0.1) is 0 Å². The number of nitrogens with one attached hydrogen (secondary N) is 1. The van der Waals surface area contributed by atoms with Gasteiger partial charge in [-0.3, -0.25) is 4.79 Å². The average molecular weight is 331 g/mol. The molecule has 0 spiro atoms. The fourth-order valence-corrected chi connectivity index (χ4v) is 2.87. The van der Waals surface area contributed by atoms with Gasteiger partial charge in [0.2, 0.25) is 0 Å². The van der Waals surface area contributed by atoms with Gasteiger partial charge < -0.3 is 10.2 Å². The minimum Gasteiger partial charge on any atom is -0.355 e. The molecule has 1 aliphatic rings. The minimum absolute atomic E-state index is 0.290. The summed E-state index contributed by atoms with van der Waals surface area (Å²) >= 11 is 5.91. The van der Waals surface area contributed by atoms with Gasteiger partial charge in [0.25, 0.3) is 5.91 Å². The molecule has 0 bridgehead atoms. The zero-order valence-corrected chi connectivity index (χ0v) is 13.6. The second kappa shape index (κ2) is 7.42. The molecule has 1 N–H and O–H groups in total. The number of halogens is 1. The fraction of sp³-hybridized carbons (Fsp3) is 0.353. The topological polar surface area (TPSA) is 58.1 Å². The summed E-state index contributed by atoms with van der Waals surface area (Å²) in [5.74, 6) is 0.549. The van der Waals surface area contributed by atoms with Crippen molar-refractivity contribution < 1.29 is 4.79 Å². The van der Waals surface area contributed by atoms with Crippen molar-refractivity contribution in [2.45, 2.75) is 25.7 Å². The van der Waals surface area contributed by atoms with Gasteiger partial charge in [-0.05, 0) is 43.2 Å². The summed E-state index contributed by atoms with van der Waals surface area (Å²) in [6, 6.07) is 10.6. The molecule has 0 aliphatic carbocycles. The predicted molar refractivity (Wildman–Crippen MR) is 92.1 cm³/mol. The average Bonchev–Trinajstić information content (AvgIpc) is 2.84. The van der Waals surface area contributed by atoms with Crippen molar-refractivity contribution in [3.63, 3.8) is 0 Å². The molecule has 5 nitrogen and oxygen atoms in total. The summed E-state index contributed by atoms with van der Waals surface area (Å²) in [5, 5.41) is 11.6. The van der Waals surface area contributed by atoms with E-state index < -0.39 is 0 Å². The highest BCUT2D eigenvalue weighted by molar-refractivity contribution is 6.30. The zero-order valence-electron chi connectivity index (χ0n) is 12.8. The minimum atomic E-state index is -0.290. The summed E-state index contributed by atoms with van der Waals surface area (Å²) in [6.07, 6.45) is 4.89. The number of carbonyl (C=O) groups excluding carboxylic acids is 1. The number of hydrogen-bond donors (Lipinski definition) is 1. The van der Waals surface area contributed by atoms with E-state index in [0.717, 1.165) is 18.9 Å². The van der Waals surface area contributed by atoms with E-state index in [0.29, 0.717) is 16.4 Å². The second-order valence-corrected chi connectivity index (χ2v) is 6.08. The number of nitrogens with zero attached hydrogens (tertiary/aromatic N) is 3. The highest BCUT2D eigenvalue weighted by Gasteiger charge is 2.13. The molecule has 0 radical (unpaired) electrons. The number of anilines is 2. The van der Waals surface area contributed by atoms with Crippen LogP contribution in [0.4, 0.5) is 11.5 Å². The Morgan fingerprint density at radius 1 is 1.04 bits per heavy atom. The summed E-state index contributed by atoms with van der Waals surface area (Å²) < 4.78 is 0. The van der Waals surface area contributed by atoms with Crippen molar-refractivity contribution >= 4 is 29.0 Å². The van der Waals surface area contributed by atoms with Gasteiger partial charge in [-0.2, -0.15) is 0 Å². The van der Waals surface area contributed by atoms with Crippen LogP contribution in [0.5, 0.6) is 0 Å². The number of hydrogen-bond acceptors (Lipinski definition) is 4. The van der Waals surface area contributed by atoms with Gasteiger partial charge in [-0.1, -0.05) is 30.5 Å². The third kappa shape index (κ3) is 4.20. The Hall–Kier alpha value is -2.14. The molecule has 0 saturated carbocycles.